The molecule has 0 aromatic rings. The van der Waals surface area contributed by atoms with Gasteiger partial charge in [-0.3, -0.25) is 0 Å². The minimum atomic E-state index is 0.972. The topological polar surface area (TPSA) is 6.48 Å². The van der Waals surface area contributed by atoms with Crippen LogP contribution in [-0.4, -0.2) is 49.6 Å². The van der Waals surface area contributed by atoms with Crippen LogP contribution in [0.15, 0.2) is 0 Å². The minimum Gasteiger partial charge on any atom is -0.306 e. The molecule has 2 heteroatoms. The Morgan fingerprint density at radius 1 is 0.933 bits per heavy atom. The molecule has 2 nitrogen and oxygen atoms in total. The van der Waals surface area contributed by atoms with Crippen LogP contribution in [0.2, 0.25) is 0 Å². The van der Waals surface area contributed by atoms with E-state index in [9.17, 15) is 0 Å². The lowest BCUT2D eigenvalue weighted by Crippen LogP contribution is -2.27. The van der Waals surface area contributed by atoms with Gasteiger partial charge in [0.1, 0.15) is 0 Å². The number of rotatable bonds is 0. The Labute approximate surface area is 94.6 Å². The Kier molecular flexibility index (Phi) is 4.04. The molecule has 2 unspecified atom stereocenters. The van der Waals surface area contributed by atoms with E-state index in [4.69, 9.17) is 0 Å². The summed E-state index contributed by atoms with van der Waals surface area (Å²) in [6.45, 7) is 4.02. The van der Waals surface area contributed by atoms with Crippen LogP contribution >= 0.6 is 0 Å². The van der Waals surface area contributed by atoms with E-state index in [0.717, 1.165) is 12.0 Å². The highest BCUT2D eigenvalue weighted by Gasteiger charge is 2.34. The van der Waals surface area contributed by atoms with Gasteiger partial charge in [-0.05, 0) is 65.2 Å². The van der Waals surface area contributed by atoms with Crippen molar-refractivity contribution in [3.63, 3.8) is 0 Å². The molecule has 0 N–H and O–H groups in total. The first-order valence-electron chi connectivity index (χ1n) is 6.64. The van der Waals surface area contributed by atoms with Crippen molar-refractivity contribution in [2.24, 2.45) is 5.92 Å². The SMILES string of the molecule is CN1CC2CCC1C2.CN1CCCCC1. The lowest BCUT2D eigenvalue weighted by atomic mass is 10.1. The van der Waals surface area contributed by atoms with Crippen molar-refractivity contribution in [3.8, 4) is 0 Å². The monoisotopic (exact) mass is 210 g/mol. The largest absolute Gasteiger partial charge is 0.306 e. The van der Waals surface area contributed by atoms with Crippen molar-refractivity contribution in [1.29, 1.82) is 0 Å². The molecule has 88 valence electrons. The summed E-state index contributed by atoms with van der Waals surface area (Å²) < 4.78 is 0. The smallest absolute Gasteiger partial charge is 0.00955 e. The number of hydrogen-bond donors (Lipinski definition) is 0. The molecule has 2 saturated heterocycles. The van der Waals surface area contributed by atoms with E-state index in [1.54, 1.807) is 0 Å². The van der Waals surface area contributed by atoms with Crippen molar-refractivity contribution in [2.45, 2.75) is 44.6 Å². The molecule has 2 atom stereocenters. The van der Waals surface area contributed by atoms with Crippen LogP contribution in [-0.2, 0) is 0 Å². The molecule has 3 rings (SSSR count). The number of nitrogens with zero attached hydrogens (tertiary/aromatic N) is 2. The summed E-state index contributed by atoms with van der Waals surface area (Å²) in [5, 5.41) is 0. The van der Waals surface area contributed by atoms with Gasteiger partial charge in [-0.2, -0.15) is 0 Å². The van der Waals surface area contributed by atoms with E-state index in [-0.39, 0.29) is 0 Å². The Morgan fingerprint density at radius 2 is 1.67 bits per heavy atom. The predicted octanol–water partition coefficient (Wildman–Crippen LogP) is 2.20. The zero-order valence-corrected chi connectivity index (χ0v) is 10.4. The standard InChI is InChI=1S/C7H13N.C6H13N/c1-8-5-6-2-3-7(8)4-6;1-7-5-3-2-4-6-7/h6-7H,2-5H2,1H3;2-6H2,1H3. The second kappa shape index (κ2) is 5.31. The quantitative estimate of drug-likeness (QED) is 0.605. The molecular formula is C13H26N2. The lowest BCUT2D eigenvalue weighted by molar-refractivity contribution is 0.261. The first kappa shape index (κ1) is 11.4. The molecule has 2 heterocycles. The first-order chi connectivity index (χ1) is 7.25. The van der Waals surface area contributed by atoms with Gasteiger partial charge in [-0.25, -0.2) is 0 Å². The Balaban J connectivity index is 0.000000115. The van der Waals surface area contributed by atoms with Crippen LogP contribution in [0.4, 0.5) is 0 Å². The molecule has 3 fully saturated rings. The second-order valence-corrected chi connectivity index (χ2v) is 5.64. The average molecular weight is 210 g/mol. The van der Waals surface area contributed by atoms with E-state index in [2.05, 4.69) is 23.9 Å². The van der Waals surface area contributed by atoms with Crippen molar-refractivity contribution in [1.82, 2.24) is 9.80 Å². The summed E-state index contributed by atoms with van der Waals surface area (Å²) in [6.07, 6.45) is 8.75. The Hall–Kier alpha value is -0.0800. The molecule has 15 heavy (non-hydrogen) atoms. The van der Waals surface area contributed by atoms with E-state index >= 15 is 0 Å². The zero-order chi connectivity index (χ0) is 10.7. The molecule has 1 aliphatic carbocycles. The van der Waals surface area contributed by atoms with Crippen LogP contribution in [0.1, 0.15) is 38.5 Å². The summed E-state index contributed by atoms with van der Waals surface area (Å²) in [6, 6.07) is 0.972. The number of likely N-dealkylation sites (tertiary alicyclic amines) is 2. The molecular weight excluding hydrogens is 184 g/mol. The van der Waals surface area contributed by atoms with Crippen LogP contribution in [0.3, 0.4) is 0 Å². The van der Waals surface area contributed by atoms with E-state index in [0.29, 0.717) is 0 Å². The summed E-state index contributed by atoms with van der Waals surface area (Å²) in [4.78, 5) is 4.90. The highest BCUT2D eigenvalue weighted by molar-refractivity contribution is 4.89. The number of piperidine rings is 2. The van der Waals surface area contributed by atoms with Crippen molar-refractivity contribution < 1.29 is 0 Å². The molecule has 2 aliphatic heterocycles. The Morgan fingerprint density at radius 3 is 1.93 bits per heavy atom. The van der Waals surface area contributed by atoms with Gasteiger partial charge in [0, 0.05) is 12.6 Å². The number of hydrogen-bond acceptors (Lipinski definition) is 2. The minimum absolute atomic E-state index is 0.972. The molecule has 3 aliphatic rings. The van der Waals surface area contributed by atoms with Crippen LogP contribution < -0.4 is 0 Å². The molecule has 0 radical (unpaired) electrons. The van der Waals surface area contributed by atoms with E-state index in [1.807, 2.05) is 0 Å². The normalized spacial score (nSPS) is 36.4. The van der Waals surface area contributed by atoms with E-state index in [1.165, 1.54) is 58.2 Å². The average Bonchev–Trinajstić information content (AvgIpc) is 2.81. The van der Waals surface area contributed by atoms with Gasteiger partial charge in [-0.1, -0.05) is 6.42 Å². The third kappa shape index (κ3) is 3.18. The summed E-state index contributed by atoms with van der Waals surface area (Å²) in [5.74, 6) is 1.07. The van der Waals surface area contributed by atoms with Gasteiger partial charge in [0.15, 0.2) is 0 Å². The summed E-state index contributed by atoms with van der Waals surface area (Å²) in [7, 11) is 4.45. The Bertz CT molecular complexity index is 185. The highest BCUT2D eigenvalue weighted by atomic mass is 15.2. The van der Waals surface area contributed by atoms with Gasteiger partial charge in [0.25, 0.3) is 0 Å². The van der Waals surface area contributed by atoms with Crippen LogP contribution in [0, 0.1) is 5.92 Å². The first-order valence-corrected chi connectivity index (χ1v) is 6.64. The molecule has 0 aromatic heterocycles. The summed E-state index contributed by atoms with van der Waals surface area (Å²) in [5.41, 5.74) is 0. The van der Waals surface area contributed by atoms with Crippen LogP contribution in [0.5, 0.6) is 0 Å². The van der Waals surface area contributed by atoms with Gasteiger partial charge in [-0.15, -0.1) is 0 Å². The molecule has 1 saturated carbocycles. The van der Waals surface area contributed by atoms with Crippen molar-refractivity contribution in [3.05, 3.63) is 0 Å². The fourth-order valence-electron chi connectivity index (χ4n) is 3.22. The maximum atomic E-state index is 2.51. The van der Waals surface area contributed by atoms with Crippen LogP contribution in [0.25, 0.3) is 0 Å². The van der Waals surface area contributed by atoms with Gasteiger partial charge < -0.3 is 9.80 Å². The number of fused-ring (bicyclic) bond motifs is 2. The second-order valence-electron chi connectivity index (χ2n) is 5.64. The van der Waals surface area contributed by atoms with Crippen molar-refractivity contribution in [2.75, 3.05) is 33.7 Å². The predicted molar refractivity (Wildman–Crippen MR) is 65.1 cm³/mol. The van der Waals surface area contributed by atoms with E-state index < -0.39 is 0 Å². The van der Waals surface area contributed by atoms with Gasteiger partial charge in [0.05, 0.1) is 0 Å². The van der Waals surface area contributed by atoms with Gasteiger partial charge >= 0.3 is 0 Å². The highest BCUT2D eigenvalue weighted by Crippen LogP contribution is 2.35. The molecule has 2 bridgehead atoms. The molecule has 0 aromatic carbocycles. The molecule has 0 amide bonds. The fourth-order valence-corrected chi connectivity index (χ4v) is 3.22. The maximum absolute atomic E-state index is 2.51. The third-order valence-corrected chi connectivity index (χ3v) is 4.26. The van der Waals surface area contributed by atoms with Gasteiger partial charge in [0.2, 0.25) is 0 Å². The molecule has 0 spiro atoms. The zero-order valence-electron chi connectivity index (χ0n) is 10.4. The fraction of sp³-hybridized carbons (Fsp3) is 1.00. The summed E-state index contributed by atoms with van der Waals surface area (Å²) >= 11 is 0. The maximum Gasteiger partial charge on any atom is 0.00955 e. The third-order valence-electron chi connectivity index (χ3n) is 4.26. The van der Waals surface area contributed by atoms with Crippen molar-refractivity contribution >= 4 is 0 Å². The lowest BCUT2D eigenvalue weighted by Gasteiger charge is -2.20.